The van der Waals surface area contributed by atoms with E-state index in [-0.39, 0.29) is 6.61 Å². The van der Waals surface area contributed by atoms with Crippen LogP contribution in [-0.2, 0) is 18.8 Å². The summed E-state index contributed by atoms with van der Waals surface area (Å²) in [5, 5.41) is 12.9. The third kappa shape index (κ3) is 4.80. The Morgan fingerprint density at radius 2 is 1.93 bits per heavy atom. The number of benzene rings is 2. The van der Waals surface area contributed by atoms with Crippen molar-refractivity contribution in [1.82, 2.24) is 25.0 Å². The van der Waals surface area contributed by atoms with Gasteiger partial charge in [0.05, 0.1) is 5.75 Å². The maximum absolute atomic E-state index is 6.13. The molecule has 2 N–H and O–H groups in total. The summed E-state index contributed by atoms with van der Waals surface area (Å²) in [5.41, 5.74) is 3.39. The minimum atomic E-state index is 0.232. The number of nitrogens with two attached hydrogens (primary N) is 1. The number of thioether (sulfide) groups is 1. The van der Waals surface area contributed by atoms with E-state index in [1.165, 1.54) is 22.0 Å². The van der Waals surface area contributed by atoms with Crippen LogP contribution in [0, 0.1) is 13.8 Å². The molecular formula is C21H22N6O2S. The first-order valence-corrected chi connectivity index (χ1v) is 10.4. The Bertz CT molecular complexity index is 1130. The van der Waals surface area contributed by atoms with E-state index in [9.17, 15) is 0 Å². The Kier molecular flexibility index (Phi) is 5.99. The van der Waals surface area contributed by atoms with Gasteiger partial charge in [-0.1, -0.05) is 64.9 Å². The molecule has 4 aromatic rings. The van der Waals surface area contributed by atoms with Crippen molar-refractivity contribution in [1.29, 1.82) is 0 Å². The van der Waals surface area contributed by atoms with Gasteiger partial charge in [-0.15, -0.1) is 10.2 Å². The third-order valence-electron chi connectivity index (χ3n) is 4.46. The summed E-state index contributed by atoms with van der Waals surface area (Å²) in [6.45, 7) is 4.29. The molecule has 30 heavy (non-hydrogen) atoms. The fourth-order valence-corrected chi connectivity index (χ4v) is 3.65. The summed E-state index contributed by atoms with van der Waals surface area (Å²) in [7, 11) is 0. The summed E-state index contributed by atoms with van der Waals surface area (Å²) in [4.78, 5) is 4.43. The number of rotatable bonds is 8. The maximum atomic E-state index is 6.13. The molecule has 4 rings (SSSR count). The molecule has 154 valence electrons. The van der Waals surface area contributed by atoms with Gasteiger partial charge in [-0.2, -0.15) is 4.98 Å². The molecule has 0 amide bonds. The molecule has 9 heteroatoms. The number of nitrogen functional groups attached to an aromatic ring is 1. The molecule has 0 unspecified atom stereocenters. The van der Waals surface area contributed by atoms with Gasteiger partial charge < -0.3 is 15.1 Å². The highest BCUT2D eigenvalue weighted by atomic mass is 32.2. The van der Waals surface area contributed by atoms with E-state index in [2.05, 4.69) is 26.4 Å². The molecule has 0 spiro atoms. The van der Waals surface area contributed by atoms with E-state index in [1.54, 1.807) is 0 Å². The predicted molar refractivity (Wildman–Crippen MR) is 114 cm³/mol. The highest BCUT2D eigenvalue weighted by Crippen LogP contribution is 2.22. The zero-order valence-corrected chi connectivity index (χ0v) is 17.6. The lowest BCUT2D eigenvalue weighted by atomic mass is 10.1. The van der Waals surface area contributed by atoms with Crippen LogP contribution in [-0.4, -0.2) is 25.0 Å². The number of aromatic nitrogens is 5. The van der Waals surface area contributed by atoms with Crippen LogP contribution >= 0.6 is 11.8 Å². The number of hydrogen-bond acceptors (Lipinski definition) is 8. The van der Waals surface area contributed by atoms with Crippen molar-refractivity contribution in [3.05, 3.63) is 82.8 Å². The van der Waals surface area contributed by atoms with E-state index in [0.717, 1.165) is 16.9 Å². The smallest absolute Gasteiger partial charge is 0.237 e. The largest absolute Gasteiger partial charge is 0.485 e. The molecule has 0 bridgehead atoms. The second kappa shape index (κ2) is 9.00. The molecular weight excluding hydrogens is 400 g/mol. The fourth-order valence-electron chi connectivity index (χ4n) is 2.93. The molecule has 0 saturated carbocycles. The average molecular weight is 423 g/mol. The van der Waals surface area contributed by atoms with Crippen LogP contribution in [0.15, 0.2) is 58.2 Å². The van der Waals surface area contributed by atoms with Crippen LogP contribution in [0.2, 0.25) is 0 Å². The summed E-state index contributed by atoms with van der Waals surface area (Å²) < 4.78 is 12.6. The number of hydrogen-bond donors (Lipinski definition) is 1. The van der Waals surface area contributed by atoms with Crippen molar-refractivity contribution in [2.24, 2.45) is 0 Å². The van der Waals surface area contributed by atoms with Crippen molar-refractivity contribution in [2.45, 2.75) is 37.8 Å². The van der Waals surface area contributed by atoms with Crippen LogP contribution in [0.25, 0.3) is 0 Å². The van der Waals surface area contributed by atoms with Gasteiger partial charge in [0, 0.05) is 6.42 Å². The van der Waals surface area contributed by atoms with Crippen LogP contribution in [0.5, 0.6) is 5.75 Å². The Balaban J connectivity index is 1.33. The first kappa shape index (κ1) is 20.0. The second-order valence-corrected chi connectivity index (χ2v) is 7.82. The van der Waals surface area contributed by atoms with E-state index >= 15 is 0 Å². The monoisotopic (exact) mass is 422 g/mol. The van der Waals surface area contributed by atoms with Crippen LogP contribution in [0.3, 0.4) is 0 Å². The number of ether oxygens (including phenoxy) is 1. The van der Waals surface area contributed by atoms with Gasteiger partial charge in [0.25, 0.3) is 0 Å². The van der Waals surface area contributed by atoms with E-state index < -0.39 is 0 Å². The SMILES string of the molecule is Cc1ccc(OCc2nnc(SCc3nc(Cc4ccccc4)no3)n2N)c(C)c1. The van der Waals surface area contributed by atoms with Gasteiger partial charge in [0.1, 0.15) is 12.4 Å². The quantitative estimate of drug-likeness (QED) is 0.340. The Morgan fingerprint density at radius 1 is 1.10 bits per heavy atom. The zero-order chi connectivity index (χ0) is 20.9. The van der Waals surface area contributed by atoms with Crippen molar-refractivity contribution < 1.29 is 9.26 Å². The molecule has 0 saturated heterocycles. The van der Waals surface area contributed by atoms with Gasteiger partial charge in [0.15, 0.2) is 11.6 Å². The predicted octanol–water partition coefficient (Wildman–Crippen LogP) is 3.45. The molecule has 2 aromatic heterocycles. The molecule has 8 nitrogen and oxygen atoms in total. The highest BCUT2D eigenvalue weighted by Gasteiger charge is 2.14. The van der Waals surface area contributed by atoms with Crippen molar-refractivity contribution >= 4 is 11.8 Å². The van der Waals surface area contributed by atoms with E-state index in [1.807, 2.05) is 56.3 Å². The first-order valence-electron chi connectivity index (χ1n) is 9.46. The van der Waals surface area contributed by atoms with Crippen molar-refractivity contribution in [3.8, 4) is 5.75 Å². The molecule has 0 fully saturated rings. The summed E-state index contributed by atoms with van der Waals surface area (Å²) in [5.74, 6) is 9.08. The standard InChI is InChI=1S/C21H22N6O2S/c1-14-8-9-17(15(2)10-14)28-12-19-24-25-21(27(19)22)30-13-20-23-18(26-29-20)11-16-6-4-3-5-7-16/h3-10H,11-13,22H2,1-2H3. The van der Waals surface area contributed by atoms with Crippen LogP contribution < -0.4 is 10.6 Å². The first-order chi connectivity index (χ1) is 14.6. The van der Waals surface area contributed by atoms with Crippen LogP contribution in [0.4, 0.5) is 0 Å². The summed E-state index contributed by atoms with van der Waals surface area (Å²) in [6.07, 6.45) is 0.627. The lowest BCUT2D eigenvalue weighted by Gasteiger charge is -2.09. The molecule has 2 aromatic carbocycles. The van der Waals surface area contributed by atoms with E-state index in [0.29, 0.717) is 34.9 Å². The van der Waals surface area contributed by atoms with Gasteiger partial charge in [-0.3, -0.25) is 0 Å². The average Bonchev–Trinajstić information content (AvgIpc) is 3.33. The second-order valence-electron chi connectivity index (χ2n) is 6.88. The zero-order valence-electron chi connectivity index (χ0n) is 16.8. The van der Waals surface area contributed by atoms with Crippen LogP contribution in [0.1, 0.15) is 34.2 Å². The fraction of sp³-hybridized carbons (Fsp3) is 0.238. The Morgan fingerprint density at radius 3 is 2.73 bits per heavy atom. The van der Waals surface area contributed by atoms with Gasteiger partial charge in [-0.05, 0) is 31.0 Å². The highest BCUT2D eigenvalue weighted by molar-refractivity contribution is 7.98. The summed E-state index contributed by atoms with van der Waals surface area (Å²) in [6, 6.07) is 16.0. The van der Waals surface area contributed by atoms with Gasteiger partial charge >= 0.3 is 0 Å². The maximum Gasteiger partial charge on any atom is 0.237 e. The van der Waals surface area contributed by atoms with E-state index in [4.69, 9.17) is 15.1 Å². The topological polar surface area (TPSA) is 105 Å². The van der Waals surface area contributed by atoms with Gasteiger partial charge in [0.2, 0.25) is 11.0 Å². The molecule has 0 aliphatic rings. The van der Waals surface area contributed by atoms with Crippen molar-refractivity contribution in [2.75, 3.05) is 5.84 Å². The van der Waals surface area contributed by atoms with Crippen molar-refractivity contribution in [3.63, 3.8) is 0 Å². The molecule has 0 aliphatic carbocycles. The Labute approximate surface area is 178 Å². The normalized spacial score (nSPS) is 11.0. The molecule has 2 heterocycles. The Hall–Kier alpha value is -3.33. The summed E-state index contributed by atoms with van der Waals surface area (Å²) >= 11 is 1.38. The number of nitrogens with zero attached hydrogens (tertiary/aromatic N) is 5. The molecule has 0 atom stereocenters. The van der Waals surface area contributed by atoms with Gasteiger partial charge in [-0.25, -0.2) is 4.68 Å². The lowest BCUT2D eigenvalue weighted by Crippen LogP contribution is -2.16. The molecule has 0 radical (unpaired) electrons. The third-order valence-corrected chi connectivity index (χ3v) is 5.39. The lowest BCUT2D eigenvalue weighted by molar-refractivity contribution is 0.289. The minimum absolute atomic E-state index is 0.232. The number of aryl methyl sites for hydroxylation is 2. The molecule has 0 aliphatic heterocycles. The minimum Gasteiger partial charge on any atom is -0.485 e.